The van der Waals surface area contributed by atoms with Gasteiger partial charge in [-0.1, -0.05) is 17.7 Å². The van der Waals surface area contributed by atoms with E-state index in [1.54, 1.807) is 0 Å². The summed E-state index contributed by atoms with van der Waals surface area (Å²) in [5, 5.41) is 19.9. The van der Waals surface area contributed by atoms with E-state index in [4.69, 9.17) is 21.6 Å². The molecular formula is C21H18ClF4NO2. The Morgan fingerprint density at radius 3 is 2.45 bits per heavy atom. The number of aliphatic hydroxyl groups is 1. The molecule has 1 fully saturated rings. The van der Waals surface area contributed by atoms with Gasteiger partial charge in [-0.25, -0.2) is 4.39 Å². The summed E-state index contributed by atoms with van der Waals surface area (Å²) in [6, 6.07) is 9.08. The van der Waals surface area contributed by atoms with Gasteiger partial charge in [0.25, 0.3) is 0 Å². The molecule has 0 aromatic heterocycles. The molecule has 1 aliphatic carbocycles. The highest BCUT2D eigenvalue weighted by molar-refractivity contribution is 6.31. The monoisotopic (exact) mass is 427 g/mol. The van der Waals surface area contributed by atoms with Gasteiger partial charge in [0.2, 0.25) is 0 Å². The molecule has 2 aromatic rings. The van der Waals surface area contributed by atoms with Crippen molar-refractivity contribution in [2.45, 2.75) is 37.0 Å². The van der Waals surface area contributed by atoms with Gasteiger partial charge in [-0.3, -0.25) is 0 Å². The van der Waals surface area contributed by atoms with Crippen LogP contribution in [-0.2, 0) is 6.42 Å². The molecule has 0 heterocycles. The Hall–Kier alpha value is -2.30. The maximum atomic E-state index is 14.2. The SMILES string of the molecule is COc1ccc(F)cc1C(C1CC1)C(O)(Cc1ccc(C#N)cc1Cl)C(F)(F)F. The average molecular weight is 428 g/mol. The van der Waals surface area contributed by atoms with Crippen molar-refractivity contribution in [1.29, 1.82) is 5.26 Å². The molecule has 3 rings (SSSR count). The van der Waals surface area contributed by atoms with Crippen LogP contribution in [0.15, 0.2) is 36.4 Å². The Morgan fingerprint density at radius 1 is 1.24 bits per heavy atom. The fourth-order valence-electron chi connectivity index (χ4n) is 3.72. The van der Waals surface area contributed by atoms with Gasteiger partial charge in [-0.05, 0) is 54.7 Å². The number of ether oxygens (including phenoxy) is 1. The van der Waals surface area contributed by atoms with Crippen molar-refractivity contribution in [3.63, 3.8) is 0 Å². The second kappa shape index (κ2) is 7.85. The molecule has 1 aliphatic rings. The van der Waals surface area contributed by atoms with Crippen LogP contribution in [0.25, 0.3) is 0 Å². The molecule has 154 valence electrons. The van der Waals surface area contributed by atoms with E-state index < -0.39 is 35.9 Å². The minimum absolute atomic E-state index is 0.0282. The standard InChI is InChI=1S/C21H18ClF4NO2/c1-29-18-7-6-15(23)9-16(18)19(13-4-5-13)20(28,21(24,25)26)10-14-3-2-12(11-27)8-17(14)22/h2-3,6-9,13,19,28H,4-5,10H2,1H3. The van der Waals surface area contributed by atoms with E-state index in [9.17, 15) is 22.7 Å². The van der Waals surface area contributed by atoms with E-state index in [1.807, 2.05) is 6.07 Å². The molecule has 2 unspecified atom stereocenters. The first-order valence-corrected chi connectivity index (χ1v) is 9.29. The number of rotatable bonds is 6. The van der Waals surface area contributed by atoms with Gasteiger partial charge >= 0.3 is 6.18 Å². The quantitative estimate of drug-likeness (QED) is 0.629. The van der Waals surface area contributed by atoms with E-state index in [0.29, 0.717) is 12.8 Å². The molecular weight excluding hydrogens is 410 g/mol. The topological polar surface area (TPSA) is 53.2 Å². The zero-order valence-electron chi connectivity index (χ0n) is 15.4. The highest BCUT2D eigenvalue weighted by Crippen LogP contribution is 2.56. The second-order valence-electron chi connectivity index (χ2n) is 7.22. The Kier molecular flexibility index (Phi) is 5.79. The van der Waals surface area contributed by atoms with Crippen molar-refractivity contribution in [2.75, 3.05) is 7.11 Å². The lowest BCUT2D eigenvalue weighted by Crippen LogP contribution is -2.52. The molecule has 1 N–H and O–H groups in total. The fraction of sp³-hybridized carbons (Fsp3) is 0.381. The lowest BCUT2D eigenvalue weighted by atomic mass is 9.74. The van der Waals surface area contributed by atoms with Gasteiger partial charge in [0.05, 0.1) is 18.7 Å². The third-order valence-electron chi connectivity index (χ3n) is 5.27. The molecule has 0 saturated heterocycles. The smallest absolute Gasteiger partial charge is 0.418 e. The van der Waals surface area contributed by atoms with Crippen molar-refractivity contribution < 1.29 is 27.4 Å². The predicted molar refractivity (Wildman–Crippen MR) is 99.3 cm³/mol. The van der Waals surface area contributed by atoms with Crippen LogP contribution < -0.4 is 4.74 Å². The number of hydrogen-bond donors (Lipinski definition) is 1. The summed E-state index contributed by atoms with van der Waals surface area (Å²) in [5.41, 5.74) is -2.99. The van der Waals surface area contributed by atoms with Crippen LogP contribution >= 0.6 is 11.6 Å². The maximum Gasteiger partial charge on any atom is 0.418 e. The summed E-state index contributed by atoms with van der Waals surface area (Å²) in [6.07, 6.45) is -4.90. The van der Waals surface area contributed by atoms with Crippen LogP contribution in [0.1, 0.15) is 35.4 Å². The van der Waals surface area contributed by atoms with Gasteiger partial charge in [0.1, 0.15) is 11.6 Å². The largest absolute Gasteiger partial charge is 0.496 e. The van der Waals surface area contributed by atoms with Crippen LogP contribution in [0.4, 0.5) is 17.6 Å². The Balaban J connectivity index is 2.14. The van der Waals surface area contributed by atoms with Gasteiger partial charge in [-0.15, -0.1) is 0 Å². The molecule has 3 nitrogen and oxygen atoms in total. The lowest BCUT2D eigenvalue weighted by molar-refractivity contribution is -0.270. The first-order chi connectivity index (χ1) is 13.6. The number of methoxy groups -OCH3 is 1. The molecule has 2 aromatic carbocycles. The van der Waals surface area contributed by atoms with E-state index in [2.05, 4.69) is 0 Å². The lowest BCUT2D eigenvalue weighted by Gasteiger charge is -2.39. The molecule has 29 heavy (non-hydrogen) atoms. The number of alkyl halides is 3. The van der Waals surface area contributed by atoms with Crippen molar-refractivity contribution in [3.05, 3.63) is 63.9 Å². The Bertz CT molecular complexity index is 953. The summed E-state index contributed by atoms with van der Waals surface area (Å²) in [7, 11) is 1.28. The van der Waals surface area contributed by atoms with Crippen molar-refractivity contribution in [2.24, 2.45) is 5.92 Å². The summed E-state index contributed by atoms with van der Waals surface area (Å²) in [5.74, 6) is -2.54. The van der Waals surface area contributed by atoms with Crippen molar-refractivity contribution >= 4 is 11.6 Å². The van der Waals surface area contributed by atoms with Crippen LogP contribution in [0.2, 0.25) is 5.02 Å². The van der Waals surface area contributed by atoms with E-state index in [0.717, 1.165) is 12.1 Å². The normalized spacial score (nSPS) is 17.3. The molecule has 0 spiro atoms. The van der Waals surface area contributed by atoms with Gasteiger partial charge in [0, 0.05) is 22.9 Å². The number of hydrogen-bond acceptors (Lipinski definition) is 3. The first-order valence-electron chi connectivity index (χ1n) is 8.91. The predicted octanol–water partition coefficient (Wildman–Crippen LogP) is 5.39. The molecule has 1 saturated carbocycles. The number of benzene rings is 2. The van der Waals surface area contributed by atoms with Crippen LogP contribution in [-0.4, -0.2) is 24.0 Å². The van der Waals surface area contributed by atoms with Gasteiger partial charge in [0.15, 0.2) is 5.60 Å². The minimum Gasteiger partial charge on any atom is -0.496 e. The van der Waals surface area contributed by atoms with E-state index in [-0.39, 0.29) is 27.5 Å². The van der Waals surface area contributed by atoms with E-state index >= 15 is 0 Å². The minimum atomic E-state index is -5.02. The molecule has 2 atom stereocenters. The van der Waals surface area contributed by atoms with Crippen molar-refractivity contribution in [3.8, 4) is 11.8 Å². The summed E-state index contributed by atoms with van der Waals surface area (Å²) in [6.45, 7) is 0. The van der Waals surface area contributed by atoms with Crippen LogP contribution in [0.5, 0.6) is 5.75 Å². The van der Waals surface area contributed by atoms with E-state index in [1.165, 1.54) is 31.4 Å². The first kappa shape index (κ1) is 21.4. The zero-order valence-corrected chi connectivity index (χ0v) is 16.2. The maximum absolute atomic E-state index is 14.2. The number of nitrogens with zero attached hydrogens (tertiary/aromatic N) is 1. The Labute approximate surface area is 170 Å². The molecule has 8 heteroatoms. The highest BCUT2D eigenvalue weighted by atomic mass is 35.5. The van der Waals surface area contributed by atoms with Gasteiger partial charge in [-0.2, -0.15) is 18.4 Å². The van der Waals surface area contributed by atoms with Gasteiger partial charge < -0.3 is 9.84 Å². The average Bonchev–Trinajstić information content (AvgIpc) is 3.48. The Morgan fingerprint density at radius 2 is 1.93 bits per heavy atom. The fourth-order valence-corrected chi connectivity index (χ4v) is 3.96. The number of halogens is 5. The number of nitriles is 1. The third kappa shape index (κ3) is 4.19. The molecule has 0 bridgehead atoms. The highest BCUT2D eigenvalue weighted by Gasteiger charge is 2.62. The summed E-state index contributed by atoms with van der Waals surface area (Å²) < 4.78 is 61.8. The molecule has 0 amide bonds. The molecule has 0 radical (unpaired) electrons. The zero-order chi connectivity index (χ0) is 21.4. The van der Waals surface area contributed by atoms with Crippen LogP contribution in [0.3, 0.4) is 0 Å². The molecule has 0 aliphatic heterocycles. The summed E-state index contributed by atoms with van der Waals surface area (Å²) in [4.78, 5) is 0. The second-order valence-corrected chi connectivity index (χ2v) is 7.63. The third-order valence-corrected chi connectivity index (χ3v) is 5.62. The van der Waals surface area contributed by atoms with Crippen LogP contribution in [0, 0.1) is 23.1 Å². The van der Waals surface area contributed by atoms with Crippen molar-refractivity contribution in [1.82, 2.24) is 0 Å². The summed E-state index contributed by atoms with van der Waals surface area (Å²) >= 11 is 6.08.